The maximum absolute atomic E-state index is 13.6. The fourth-order valence-corrected chi connectivity index (χ4v) is 4.31. The van der Waals surface area contributed by atoms with Crippen LogP contribution in [0.5, 0.6) is 0 Å². The van der Waals surface area contributed by atoms with Crippen LogP contribution in [0.2, 0.25) is 0 Å². The van der Waals surface area contributed by atoms with E-state index in [0.717, 1.165) is 17.9 Å². The lowest BCUT2D eigenvalue weighted by atomic mass is 9.68. The van der Waals surface area contributed by atoms with Crippen molar-refractivity contribution in [3.8, 4) is 0 Å². The van der Waals surface area contributed by atoms with E-state index in [4.69, 9.17) is 0 Å². The van der Waals surface area contributed by atoms with Crippen LogP contribution in [0, 0.1) is 23.1 Å². The van der Waals surface area contributed by atoms with Gasteiger partial charge in [0.1, 0.15) is 5.82 Å². The third-order valence-electron chi connectivity index (χ3n) is 4.63. The van der Waals surface area contributed by atoms with Crippen LogP contribution in [-0.2, 0) is 6.42 Å². The van der Waals surface area contributed by atoms with Gasteiger partial charge in [0.25, 0.3) is 0 Å². The van der Waals surface area contributed by atoms with Gasteiger partial charge in [0, 0.05) is 4.83 Å². The molecular formula is C17H23Br2F. The lowest BCUT2D eigenvalue weighted by Gasteiger charge is -2.40. The Morgan fingerprint density at radius 3 is 2.60 bits per heavy atom. The highest BCUT2D eigenvalue weighted by Crippen LogP contribution is 2.44. The molecule has 0 spiro atoms. The molecule has 1 aliphatic carbocycles. The molecule has 0 aromatic heterocycles. The van der Waals surface area contributed by atoms with E-state index in [2.05, 4.69) is 52.6 Å². The molecule has 0 nitrogen and oxygen atoms in total. The van der Waals surface area contributed by atoms with E-state index in [0.29, 0.717) is 20.6 Å². The summed E-state index contributed by atoms with van der Waals surface area (Å²) < 4.78 is 14.3. The summed E-state index contributed by atoms with van der Waals surface area (Å²) in [4.78, 5) is 0.552. The first-order valence-electron chi connectivity index (χ1n) is 7.36. The molecule has 20 heavy (non-hydrogen) atoms. The Hall–Kier alpha value is 0.110. The quantitative estimate of drug-likeness (QED) is 0.502. The normalized spacial score (nSPS) is 27.6. The Balaban J connectivity index is 2.12. The number of alkyl halides is 1. The minimum Gasteiger partial charge on any atom is -0.206 e. The summed E-state index contributed by atoms with van der Waals surface area (Å²) in [7, 11) is 0. The Kier molecular flexibility index (Phi) is 5.34. The molecule has 1 fully saturated rings. The Bertz CT molecular complexity index is 465. The summed E-state index contributed by atoms with van der Waals surface area (Å²) in [5, 5.41) is 0. The highest BCUT2D eigenvalue weighted by molar-refractivity contribution is 9.10. The smallest absolute Gasteiger partial charge is 0.137 e. The van der Waals surface area contributed by atoms with Crippen molar-refractivity contribution in [3.05, 3.63) is 34.1 Å². The minimum atomic E-state index is -0.156. The van der Waals surface area contributed by atoms with E-state index in [1.807, 2.05) is 12.1 Å². The molecule has 0 bridgehead atoms. The Morgan fingerprint density at radius 2 is 1.95 bits per heavy atom. The van der Waals surface area contributed by atoms with Crippen molar-refractivity contribution in [3.63, 3.8) is 0 Å². The molecule has 3 unspecified atom stereocenters. The predicted molar refractivity (Wildman–Crippen MR) is 90.8 cm³/mol. The summed E-state index contributed by atoms with van der Waals surface area (Å²) in [5.74, 6) is 1.19. The van der Waals surface area contributed by atoms with E-state index in [1.54, 1.807) is 0 Å². The first-order valence-corrected chi connectivity index (χ1v) is 9.07. The summed E-state index contributed by atoms with van der Waals surface area (Å²) >= 11 is 7.23. The number of hydrogen-bond donors (Lipinski definition) is 0. The fraction of sp³-hybridized carbons (Fsp3) is 0.647. The molecule has 3 heteroatoms. The van der Waals surface area contributed by atoms with Gasteiger partial charge in [0.05, 0.1) is 4.47 Å². The molecule has 1 aliphatic rings. The van der Waals surface area contributed by atoms with Crippen molar-refractivity contribution >= 4 is 31.9 Å². The van der Waals surface area contributed by atoms with Crippen LogP contribution in [-0.4, -0.2) is 4.83 Å². The summed E-state index contributed by atoms with van der Waals surface area (Å²) in [6, 6.07) is 5.36. The molecule has 1 aromatic rings. The monoisotopic (exact) mass is 404 g/mol. The first-order chi connectivity index (χ1) is 9.29. The van der Waals surface area contributed by atoms with Crippen LogP contribution in [0.4, 0.5) is 4.39 Å². The third-order valence-corrected chi connectivity index (χ3v) is 6.72. The Morgan fingerprint density at radius 1 is 1.25 bits per heavy atom. The topological polar surface area (TPSA) is 0 Å². The average Bonchev–Trinajstić information content (AvgIpc) is 2.36. The molecule has 0 radical (unpaired) electrons. The van der Waals surface area contributed by atoms with E-state index in [1.165, 1.54) is 25.3 Å². The molecule has 112 valence electrons. The summed E-state index contributed by atoms with van der Waals surface area (Å²) in [6.45, 7) is 7.00. The maximum Gasteiger partial charge on any atom is 0.137 e. The average molecular weight is 406 g/mol. The Labute approximate surface area is 138 Å². The highest BCUT2D eigenvalue weighted by Gasteiger charge is 2.35. The van der Waals surface area contributed by atoms with Crippen LogP contribution in [0.1, 0.15) is 45.6 Å². The van der Waals surface area contributed by atoms with Gasteiger partial charge in [0.15, 0.2) is 0 Å². The molecule has 1 saturated carbocycles. The van der Waals surface area contributed by atoms with Gasteiger partial charge in [-0.3, -0.25) is 0 Å². The first kappa shape index (κ1) is 16.5. The highest BCUT2D eigenvalue weighted by atomic mass is 79.9. The van der Waals surface area contributed by atoms with Crippen LogP contribution >= 0.6 is 31.9 Å². The van der Waals surface area contributed by atoms with Gasteiger partial charge in [-0.25, -0.2) is 4.39 Å². The third kappa shape index (κ3) is 3.85. The van der Waals surface area contributed by atoms with Gasteiger partial charge in [-0.1, -0.05) is 48.8 Å². The second-order valence-corrected chi connectivity index (χ2v) is 9.04. The van der Waals surface area contributed by atoms with Crippen LogP contribution in [0.15, 0.2) is 22.7 Å². The van der Waals surface area contributed by atoms with Crippen LogP contribution in [0.25, 0.3) is 0 Å². The van der Waals surface area contributed by atoms with Gasteiger partial charge in [-0.05, 0) is 70.5 Å². The van der Waals surface area contributed by atoms with Gasteiger partial charge in [-0.2, -0.15) is 0 Å². The second-order valence-electron chi connectivity index (χ2n) is 7.07. The van der Waals surface area contributed by atoms with Crippen molar-refractivity contribution in [1.82, 2.24) is 0 Å². The predicted octanol–water partition coefficient (Wildman–Crippen LogP) is 6.36. The molecule has 2 rings (SSSR count). The van der Waals surface area contributed by atoms with Crippen molar-refractivity contribution in [2.75, 3.05) is 0 Å². The van der Waals surface area contributed by atoms with E-state index >= 15 is 0 Å². The SMILES string of the molecule is CC(C)(C)C1CCC(Br)C(Cc2cccc(F)c2Br)C1. The van der Waals surface area contributed by atoms with Gasteiger partial charge < -0.3 is 0 Å². The van der Waals surface area contributed by atoms with Crippen LogP contribution < -0.4 is 0 Å². The number of hydrogen-bond acceptors (Lipinski definition) is 0. The largest absolute Gasteiger partial charge is 0.206 e. The molecule has 0 saturated heterocycles. The number of benzene rings is 1. The fourth-order valence-electron chi connectivity index (χ4n) is 3.21. The summed E-state index contributed by atoms with van der Waals surface area (Å²) in [6.07, 6.45) is 4.68. The van der Waals surface area contributed by atoms with Gasteiger partial charge in [0.2, 0.25) is 0 Å². The second kappa shape index (κ2) is 6.48. The number of rotatable bonds is 2. The van der Waals surface area contributed by atoms with Crippen molar-refractivity contribution in [2.45, 2.75) is 51.3 Å². The zero-order chi connectivity index (χ0) is 14.9. The standard InChI is InChI=1S/C17H23Br2F/c1-17(2,3)13-7-8-14(18)12(10-13)9-11-5-4-6-15(20)16(11)19/h4-6,12-14H,7-10H2,1-3H3. The van der Waals surface area contributed by atoms with Crippen molar-refractivity contribution in [1.29, 1.82) is 0 Å². The summed E-state index contributed by atoms with van der Waals surface area (Å²) in [5.41, 5.74) is 1.46. The van der Waals surface area contributed by atoms with Crippen LogP contribution in [0.3, 0.4) is 0 Å². The van der Waals surface area contributed by atoms with E-state index in [-0.39, 0.29) is 5.82 Å². The lowest BCUT2D eigenvalue weighted by molar-refractivity contribution is 0.146. The maximum atomic E-state index is 13.6. The van der Waals surface area contributed by atoms with Crippen molar-refractivity contribution < 1.29 is 4.39 Å². The molecule has 0 heterocycles. The zero-order valence-corrected chi connectivity index (χ0v) is 15.6. The minimum absolute atomic E-state index is 0.156. The van der Waals surface area contributed by atoms with E-state index in [9.17, 15) is 4.39 Å². The molecule has 0 N–H and O–H groups in total. The molecule has 0 amide bonds. The molecule has 1 aromatic carbocycles. The van der Waals surface area contributed by atoms with Crippen molar-refractivity contribution in [2.24, 2.45) is 17.3 Å². The van der Waals surface area contributed by atoms with E-state index < -0.39 is 0 Å². The number of halogens is 3. The zero-order valence-electron chi connectivity index (χ0n) is 12.4. The molecular weight excluding hydrogens is 383 g/mol. The lowest BCUT2D eigenvalue weighted by Crippen LogP contribution is -2.33. The molecule has 0 aliphatic heterocycles. The van der Waals surface area contributed by atoms with Gasteiger partial charge >= 0.3 is 0 Å². The van der Waals surface area contributed by atoms with Gasteiger partial charge in [-0.15, -0.1) is 0 Å². The molecule has 3 atom stereocenters.